The first-order valence-corrected chi connectivity index (χ1v) is 10.8. The number of carbonyl (C=O) groups excluding carboxylic acids is 2. The summed E-state index contributed by atoms with van der Waals surface area (Å²) in [5.41, 5.74) is 1.19. The molecule has 3 rings (SSSR count). The van der Waals surface area contributed by atoms with Gasteiger partial charge in [0.2, 0.25) is 5.12 Å². The summed E-state index contributed by atoms with van der Waals surface area (Å²) in [7, 11) is 2.98. The first kappa shape index (κ1) is 23.7. The number of non-ortho nitro benzene ring substituents is 1. The maximum absolute atomic E-state index is 12.8. The van der Waals surface area contributed by atoms with Gasteiger partial charge >= 0.3 is 6.09 Å². The van der Waals surface area contributed by atoms with Crippen molar-refractivity contribution in [1.82, 2.24) is 4.90 Å². The number of nitrogens with zero attached hydrogens (tertiary/aromatic N) is 2. The molecule has 10 heteroatoms. The molecule has 1 fully saturated rings. The minimum atomic E-state index is -0.667. The van der Waals surface area contributed by atoms with Gasteiger partial charge in [0.25, 0.3) is 5.69 Å². The van der Waals surface area contributed by atoms with Gasteiger partial charge in [-0.25, -0.2) is 4.79 Å². The molecular formula is C22H24N2O7S. The number of hydrogen-bond acceptors (Lipinski definition) is 8. The lowest BCUT2D eigenvalue weighted by Crippen LogP contribution is -2.44. The van der Waals surface area contributed by atoms with E-state index in [-0.39, 0.29) is 22.7 Å². The zero-order valence-electron chi connectivity index (χ0n) is 17.7. The summed E-state index contributed by atoms with van der Waals surface area (Å²) in [6, 6.07) is 14.3. The quantitative estimate of drug-likeness (QED) is 0.332. The van der Waals surface area contributed by atoms with Crippen LogP contribution in [-0.2, 0) is 20.8 Å². The largest absolute Gasteiger partial charge is 0.445 e. The van der Waals surface area contributed by atoms with Crippen LogP contribution in [0.2, 0.25) is 0 Å². The average molecular weight is 461 g/mol. The molecule has 0 aliphatic carbocycles. The second-order valence-electron chi connectivity index (χ2n) is 7.17. The Kier molecular flexibility index (Phi) is 8.20. The smallest absolute Gasteiger partial charge is 0.410 e. The fourth-order valence-corrected chi connectivity index (χ4v) is 4.63. The molecule has 0 aromatic heterocycles. The Morgan fingerprint density at radius 1 is 1.12 bits per heavy atom. The first-order valence-electron chi connectivity index (χ1n) is 9.91. The van der Waals surface area contributed by atoms with E-state index >= 15 is 0 Å². The summed E-state index contributed by atoms with van der Waals surface area (Å²) in [6.45, 7) is 0.266. The van der Waals surface area contributed by atoms with Crippen molar-refractivity contribution in [3.8, 4) is 0 Å². The van der Waals surface area contributed by atoms with Crippen LogP contribution >= 0.6 is 11.8 Å². The number of hydrogen-bond donors (Lipinski definition) is 0. The molecule has 2 aromatic carbocycles. The molecule has 32 heavy (non-hydrogen) atoms. The van der Waals surface area contributed by atoms with Gasteiger partial charge in [-0.2, -0.15) is 0 Å². The van der Waals surface area contributed by atoms with Crippen LogP contribution in [0.25, 0.3) is 0 Å². The fraction of sp³-hybridized carbons (Fsp3) is 0.364. The predicted molar refractivity (Wildman–Crippen MR) is 118 cm³/mol. The van der Waals surface area contributed by atoms with E-state index in [2.05, 4.69) is 0 Å². The molecule has 0 bridgehead atoms. The van der Waals surface area contributed by atoms with Crippen molar-refractivity contribution in [1.29, 1.82) is 0 Å². The molecule has 2 aromatic rings. The number of likely N-dealkylation sites (tertiary alicyclic amines) is 1. The van der Waals surface area contributed by atoms with E-state index in [0.29, 0.717) is 24.1 Å². The lowest BCUT2D eigenvalue weighted by atomic mass is 10.2. The second kappa shape index (κ2) is 11.1. The number of nitro benzene ring substituents is 1. The van der Waals surface area contributed by atoms with Crippen molar-refractivity contribution in [3.63, 3.8) is 0 Å². The van der Waals surface area contributed by atoms with Crippen molar-refractivity contribution >= 4 is 28.7 Å². The van der Waals surface area contributed by atoms with Gasteiger partial charge in [-0.1, -0.05) is 42.1 Å². The Morgan fingerprint density at radius 2 is 1.78 bits per heavy atom. The number of benzene rings is 2. The number of carbonyl (C=O) groups is 2. The normalized spacial score (nSPS) is 18.0. The molecule has 2 atom stereocenters. The van der Waals surface area contributed by atoms with Gasteiger partial charge in [-0.15, -0.1) is 0 Å². The maximum atomic E-state index is 12.8. The summed E-state index contributed by atoms with van der Waals surface area (Å²) in [5.74, 6) is 0. The van der Waals surface area contributed by atoms with Crippen molar-refractivity contribution in [2.45, 2.75) is 30.6 Å². The van der Waals surface area contributed by atoms with E-state index in [1.54, 1.807) is 24.3 Å². The summed E-state index contributed by atoms with van der Waals surface area (Å²) in [4.78, 5) is 37.2. The molecule has 0 radical (unpaired) electrons. The third-order valence-electron chi connectivity index (χ3n) is 5.11. The molecule has 2 unspecified atom stereocenters. The summed E-state index contributed by atoms with van der Waals surface area (Å²) >= 11 is 1.18. The molecule has 9 nitrogen and oxygen atoms in total. The summed E-state index contributed by atoms with van der Waals surface area (Å²) < 4.78 is 16.2. The fourth-order valence-electron chi connectivity index (χ4n) is 3.53. The van der Waals surface area contributed by atoms with Crippen LogP contribution in [0.3, 0.4) is 0 Å². The van der Waals surface area contributed by atoms with Gasteiger partial charge in [0.1, 0.15) is 6.61 Å². The first-order chi connectivity index (χ1) is 15.4. The van der Waals surface area contributed by atoms with Gasteiger partial charge < -0.3 is 14.2 Å². The molecule has 0 spiro atoms. The van der Waals surface area contributed by atoms with E-state index in [9.17, 15) is 19.7 Å². The van der Waals surface area contributed by atoms with Crippen LogP contribution in [0, 0.1) is 10.1 Å². The van der Waals surface area contributed by atoms with Crippen molar-refractivity contribution in [3.05, 3.63) is 75.8 Å². The second-order valence-corrected chi connectivity index (χ2v) is 8.44. The number of ether oxygens (including phenoxy) is 3. The highest BCUT2D eigenvalue weighted by atomic mass is 32.2. The van der Waals surface area contributed by atoms with Gasteiger partial charge in [-0.05, 0) is 24.1 Å². The molecule has 1 heterocycles. The molecule has 0 saturated carbocycles. The third-order valence-corrected chi connectivity index (χ3v) is 6.24. The van der Waals surface area contributed by atoms with Crippen LogP contribution in [0.4, 0.5) is 10.5 Å². The summed E-state index contributed by atoms with van der Waals surface area (Å²) in [5, 5.41) is 10.6. The minimum absolute atomic E-state index is 0.0363. The standard InChI is InChI=1S/C22H24N2O7S/c1-29-21(30-2)19-12-18(32-20(25)16-6-4-3-5-7-16)13-23(19)22(26)31-14-15-8-10-17(11-9-15)24(27)28/h3-11,18-19,21H,12-14H2,1-2H3. The van der Waals surface area contributed by atoms with Crippen LogP contribution in [0.5, 0.6) is 0 Å². The number of thioether (sulfide) groups is 1. The van der Waals surface area contributed by atoms with Crippen molar-refractivity contribution in [2.75, 3.05) is 20.8 Å². The van der Waals surface area contributed by atoms with Crippen molar-refractivity contribution < 1.29 is 28.7 Å². The predicted octanol–water partition coefficient (Wildman–Crippen LogP) is 3.87. The molecule has 1 amide bonds. The number of nitro groups is 1. The van der Waals surface area contributed by atoms with Crippen LogP contribution in [0.1, 0.15) is 22.3 Å². The molecule has 1 aliphatic rings. The van der Waals surface area contributed by atoms with Crippen molar-refractivity contribution in [2.24, 2.45) is 0 Å². The Bertz CT molecular complexity index is 935. The lowest BCUT2D eigenvalue weighted by Gasteiger charge is -2.28. The maximum Gasteiger partial charge on any atom is 0.410 e. The highest BCUT2D eigenvalue weighted by molar-refractivity contribution is 8.14. The minimum Gasteiger partial charge on any atom is -0.445 e. The Morgan fingerprint density at radius 3 is 2.38 bits per heavy atom. The molecule has 0 N–H and O–H groups in total. The zero-order chi connectivity index (χ0) is 23.1. The van der Waals surface area contributed by atoms with E-state index in [0.717, 1.165) is 0 Å². The summed E-state index contributed by atoms with van der Waals surface area (Å²) in [6.07, 6.45) is -0.732. The van der Waals surface area contributed by atoms with E-state index < -0.39 is 23.3 Å². The van der Waals surface area contributed by atoms with Gasteiger partial charge in [0.05, 0.1) is 11.0 Å². The SMILES string of the molecule is COC(OC)C1CC(SC(=O)c2ccccc2)CN1C(=O)OCc1ccc([N+](=O)[O-])cc1. The highest BCUT2D eigenvalue weighted by Gasteiger charge is 2.42. The number of methoxy groups -OCH3 is 2. The molecule has 1 saturated heterocycles. The Hall–Kier alpha value is -2.95. The van der Waals surface area contributed by atoms with E-state index in [4.69, 9.17) is 14.2 Å². The van der Waals surface area contributed by atoms with Crippen LogP contribution < -0.4 is 0 Å². The molecular weight excluding hydrogens is 436 g/mol. The number of amides is 1. The highest BCUT2D eigenvalue weighted by Crippen LogP contribution is 2.33. The topological polar surface area (TPSA) is 108 Å². The monoisotopic (exact) mass is 460 g/mol. The van der Waals surface area contributed by atoms with Crippen LogP contribution in [-0.4, -0.2) is 59.4 Å². The Balaban J connectivity index is 1.65. The zero-order valence-corrected chi connectivity index (χ0v) is 18.5. The van der Waals surface area contributed by atoms with E-state index in [1.807, 2.05) is 6.07 Å². The molecule has 1 aliphatic heterocycles. The van der Waals surface area contributed by atoms with Gasteiger partial charge in [0, 0.05) is 43.7 Å². The average Bonchev–Trinajstić information content (AvgIpc) is 3.22. The van der Waals surface area contributed by atoms with Crippen LogP contribution in [0.15, 0.2) is 54.6 Å². The van der Waals surface area contributed by atoms with E-state index in [1.165, 1.54) is 55.1 Å². The van der Waals surface area contributed by atoms with Gasteiger partial charge in [-0.3, -0.25) is 19.8 Å². The third kappa shape index (κ3) is 5.84. The Labute approximate surface area is 189 Å². The number of rotatable bonds is 8. The molecule has 170 valence electrons. The lowest BCUT2D eigenvalue weighted by molar-refractivity contribution is -0.384. The van der Waals surface area contributed by atoms with Gasteiger partial charge in [0.15, 0.2) is 6.29 Å².